The van der Waals surface area contributed by atoms with Crippen LogP contribution in [-0.4, -0.2) is 36.3 Å². The number of phenolic OH excluding ortho intramolecular Hbond substituents is 1. The number of aromatic hydroxyl groups is 1. The Morgan fingerprint density at radius 1 is 1.06 bits per heavy atom. The lowest BCUT2D eigenvalue weighted by Crippen LogP contribution is -2.14. The number of phenols is 1. The van der Waals surface area contributed by atoms with Crippen molar-refractivity contribution in [3.63, 3.8) is 0 Å². The molecule has 4 aromatic rings. The highest BCUT2D eigenvalue weighted by atomic mass is 32.1. The number of methoxy groups -OCH3 is 2. The molecule has 7 heteroatoms. The number of hydrogen-bond donors (Lipinski definition) is 1. The van der Waals surface area contributed by atoms with Crippen LogP contribution in [-0.2, 0) is 0 Å². The van der Waals surface area contributed by atoms with Crippen molar-refractivity contribution in [2.24, 2.45) is 10.1 Å². The molecule has 0 saturated carbocycles. The fourth-order valence-electron chi connectivity index (χ4n) is 3.59. The Morgan fingerprint density at radius 3 is 2.62 bits per heavy atom. The normalized spacial score (nSPS) is 12.4. The van der Waals surface area contributed by atoms with Gasteiger partial charge in [0, 0.05) is 34.5 Å². The van der Waals surface area contributed by atoms with Crippen molar-refractivity contribution in [1.29, 1.82) is 0 Å². The van der Waals surface area contributed by atoms with Crippen molar-refractivity contribution in [1.82, 2.24) is 4.68 Å². The van der Waals surface area contributed by atoms with E-state index in [1.165, 1.54) is 11.3 Å². The number of nitrogens with zero attached hydrogens (tertiary/aromatic N) is 3. The summed E-state index contributed by atoms with van der Waals surface area (Å²) in [5, 5.41) is 19.6. The Hall–Kier alpha value is -3.58. The third-order valence-electron chi connectivity index (χ3n) is 5.20. The number of hydrogen-bond acceptors (Lipinski definition) is 6. The van der Waals surface area contributed by atoms with Crippen molar-refractivity contribution in [3.8, 4) is 28.5 Å². The highest BCUT2D eigenvalue weighted by Gasteiger charge is 2.15. The molecule has 164 valence electrons. The van der Waals surface area contributed by atoms with Crippen LogP contribution >= 0.6 is 11.3 Å². The fraction of sp³-hybridized carbons (Fsp3) is 0.200. The lowest BCUT2D eigenvalue weighted by atomic mass is 10.0. The van der Waals surface area contributed by atoms with E-state index in [1.807, 2.05) is 78.5 Å². The van der Waals surface area contributed by atoms with Gasteiger partial charge in [0.05, 0.1) is 25.6 Å². The molecule has 32 heavy (non-hydrogen) atoms. The van der Waals surface area contributed by atoms with Crippen LogP contribution in [0.25, 0.3) is 22.0 Å². The first-order chi connectivity index (χ1) is 15.6. The standard InChI is InChI=1S/C25H25N3O3S/c1-5-26-25-28(22(15-32-25)21-13-11-18(30-3)14-23(21)31-4)27-16(2)19-12-10-17-8-6-7-9-20(17)24(19)29/h6-15,29H,5H2,1-4H3. The first kappa shape index (κ1) is 21.6. The van der Waals surface area contributed by atoms with Crippen LogP contribution in [0.15, 0.2) is 70.1 Å². The quantitative estimate of drug-likeness (QED) is 0.409. The number of fused-ring (bicyclic) bond motifs is 1. The predicted octanol–water partition coefficient (Wildman–Crippen LogP) is 5.29. The Kier molecular flexibility index (Phi) is 6.28. The van der Waals surface area contributed by atoms with Crippen LogP contribution in [0.2, 0.25) is 0 Å². The highest BCUT2D eigenvalue weighted by Crippen LogP contribution is 2.34. The van der Waals surface area contributed by atoms with Crippen LogP contribution < -0.4 is 14.3 Å². The summed E-state index contributed by atoms with van der Waals surface area (Å²) in [6.07, 6.45) is 0. The molecule has 3 aromatic carbocycles. The van der Waals surface area contributed by atoms with E-state index in [0.717, 1.165) is 26.8 Å². The second-order valence-corrected chi connectivity index (χ2v) is 7.96. The van der Waals surface area contributed by atoms with Gasteiger partial charge in [-0.2, -0.15) is 5.10 Å². The van der Waals surface area contributed by atoms with Crippen molar-refractivity contribution < 1.29 is 14.6 Å². The summed E-state index contributed by atoms with van der Waals surface area (Å²) in [6, 6.07) is 17.3. The maximum Gasteiger partial charge on any atom is 0.206 e. The van der Waals surface area contributed by atoms with Gasteiger partial charge in [0.25, 0.3) is 0 Å². The monoisotopic (exact) mass is 447 g/mol. The first-order valence-electron chi connectivity index (χ1n) is 10.3. The zero-order chi connectivity index (χ0) is 22.7. The van der Waals surface area contributed by atoms with Crippen LogP contribution in [0.5, 0.6) is 17.2 Å². The zero-order valence-electron chi connectivity index (χ0n) is 18.5. The van der Waals surface area contributed by atoms with Gasteiger partial charge in [-0.05, 0) is 37.4 Å². The molecule has 1 aromatic heterocycles. The van der Waals surface area contributed by atoms with E-state index in [4.69, 9.17) is 14.6 Å². The molecule has 0 aliphatic heterocycles. The number of benzene rings is 3. The summed E-state index contributed by atoms with van der Waals surface area (Å²) >= 11 is 1.51. The lowest BCUT2D eigenvalue weighted by Gasteiger charge is -2.12. The van der Waals surface area contributed by atoms with Gasteiger partial charge in [0.1, 0.15) is 17.2 Å². The highest BCUT2D eigenvalue weighted by molar-refractivity contribution is 7.07. The summed E-state index contributed by atoms with van der Waals surface area (Å²) < 4.78 is 12.8. The van der Waals surface area contributed by atoms with Gasteiger partial charge in [-0.15, -0.1) is 11.3 Å². The van der Waals surface area contributed by atoms with Crippen molar-refractivity contribution in [2.45, 2.75) is 13.8 Å². The Balaban J connectivity index is 1.89. The van der Waals surface area contributed by atoms with E-state index in [-0.39, 0.29) is 5.75 Å². The second kappa shape index (κ2) is 9.28. The Bertz CT molecular complexity index is 1370. The maximum atomic E-state index is 10.9. The Morgan fingerprint density at radius 2 is 1.88 bits per heavy atom. The SMILES string of the molecule is CCN=c1scc(-c2ccc(OC)cc2OC)n1N=C(C)c1ccc2ccccc2c1O. The summed E-state index contributed by atoms with van der Waals surface area (Å²) in [5.74, 6) is 1.62. The third-order valence-corrected chi connectivity index (χ3v) is 6.06. The number of rotatable bonds is 6. The molecule has 0 amide bonds. The second-order valence-electron chi connectivity index (χ2n) is 7.12. The van der Waals surface area contributed by atoms with E-state index in [2.05, 4.69) is 4.99 Å². The molecule has 1 heterocycles. The summed E-state index contributed by atoms with van der Waals surface area (Å²) in [4.78, 5) is 5.37. The van der Waals surface area contributed by atoms with E-state index >= 15 is 0 Å². The summed E-state index contributed by atoms with van der Waals surface area (Å²) in [7, 11) is 3.26. The van der Waals surface area contributed by atoms with Crippen molar-refractivity contribution in [3.05, 3.63) is 70.3 Å². The smallest absolute Gasteiger partial charge is 0.206 e. The molecule has 1 N–H and O–H groups in total. The molecule has 6 nitrogen and oxygen atoms in total. The molecule has 0 saturated heterocycles. The van der Waals surface area contributed by atoms with Crippen LogP contribution in [0, 0.1) is 0 Å². The van der Waals surface area contributed by atoms with Gasteiger partial charge in [0.2, 0.25) is 4.80 Å². The number of aromatic nitrogens is 1. The Labute approximate surface area is 190 Å². The van der Waals surface area contributed by atoms with Crippen molar-refractivity contribution in [2.75, 3.05) is 20.8 Å². The van der Waals surface area contributed by atoms with E-state index in [9.17, 15) is 5.11 Å². The van der Waals surface area contributed by atoms with Gasteiger partial charge in [-0.25, -0.2) is 4.68 Å². The summed E-state index contributed by atoms with van der Waals surface area (Å²) in [6.45, 7) is 4.51. The zero-order valence-corrected chi connectivity index (χ0v) is 19.3. The average Bonchev–Trinajstić information content (AvgIpc) is 3.21. The number of ether oxygens (including phenoxy) is 2. The third kappa shape index (κ3) is 3.99. The minimum Gasteiger partial charge on any atom is -0.507 e. The maximum absolute atomic E-state index is 10.9. The number of thiazole rings is 1. The molecule has 0 radical (unpaired) electrons. The molecule has 0 atom stereocenters. The van der Waals surface area contributed by atoms with Gasteiger partial charge in [0.15, 0.2) is 0 Å². The van der Waals surface area contributed by atoms with Crippen LogP contribution in [0.3, 0.4) is 0 Å². The first-order valence-corrected chi connectivity index (χ1v) is 11.2. The van der Waals surface area contributed by atoms with Crippen LogP contribution in [0.4, 0.5) is 0 Å². The largest absolute Gasteiger partial charge is 0.507 e. The average molecular weight is 448 g/mol. The van der Waals surface area contributed by atoms with Crippen molar-refractivity contribution >= 4 is 27.8 Å². The lowest BCUT2D eigenvalue weighted by molar-refractivity contribution is 0.395. The topological polar surface area (TPSA) is 68.3 Å². The summed E-state index contributed by atoms with van der Waals surface area (Å²) in [5.41, 5.74) is 3.08. The molecular formula is C25H25N3O3S. The molecule has 4 rings (SSSR count). The van der Waals surface area contributed by atoms with Gasteiger partial charge in [-0.1, -0.05) is 30.3 Å². The van der Waals surface area contributed by atoms with E-state index in [1.54, 1.807) is 14.2 Å². The molecule has 0 spiro atoms. The molecular weight excluding hydrogens is 422 g/mol. The predicted molar refractivity (Wildman–Crippen MR) is 130 cm³/mol. The minimum atomic E-state index is 0.220. The van der Waals surface area contributed by atoms with Gasteiger partial charge < -0.3 is 14.6 Å². The molecule has 0 bridgehead atoms. The fourth-order valence-corrected chi connectivity index (χ4v) is 4.47. The van der Waals surface area contributed by atoms with E-state index in [0.29, 0.717) is 29.3 Å². The van der Waals surface area contributed by atoms with Gasteiger partial charge in [-0.3, -0.25) is 4.99 Å². The molecule has 0 aliphatic carbocycles. The van der Waals surface area contributed by atoms with Crippen LogP contribution in [0.1, 0.15) is 19.4 Å². The minimum absolute atomic E-state index is 0.220. The van der Waals surface area contributed by atoms with E-state index < -0.39 is 0 Å². The van der Waals surface area contributed by atoms with Gasteiger partial charge >= 0.3 is 0 Å². The molecule has 0 fully saturated rings. The molecule has 0 unspecified atom stereocenters. The molecule has 0 aliphatic rings.